The average Bonchev–Trinajstić information content (AvgIpc) is 2.22. The van der Waals surface area contributed by atoms with Gasteiger partial charge in [0.25, 0.3) is 0 Å². The molecule has 15 heavy (non-hydrogen) atoms. The number of hydrogen-bond donors (Lipinski definition) is 0. The quantitative estimate of drug-likeness (QED) is 0.733. The molecule has 0 aromatic heterocycles. The molecule has 0 spiro atoms. The van der Waals surface area contributed by atoms with E-state index < -0.39 is 5.67 Å². The molecule has 0 aliphatic heterocycles. The first-order valence-corrected chi connectivity index (χ1v) is 6.41. The Morgan fingerprint density at radius 1 is 1.13 bits per heavy atom. The molecule has 0 nitrogen and oxygen atoms in total. The van der Waals surface area contributed by atoms with Crippen molar-refractivity contribution in [2.75, 3.05) is 0 Å². The van der Waals surface area contributed by atoms with Crippen LogP contribution in [0.15, 0.2) is 28.7 Å². The van der Waals surface area contributed by atoms with Crippen LogP contribution < -0.4 is 0 Å². The van der Waals surface area contributed by atoms with E-state index in [-0.39, 0.29) is 0 Å². The molecule has 0 amide bonds. The zero-order valence-electron chi connectivity index (χ0n) is 8.81. The molecule has 2 rings (SSSR count). The Labute approximate surface area is 99.0 Å². The molecule has 1 aliphatic carbocycles. The zero-order chi connectivity index (χ0) is 10.7. The van der Waals surface area contributed by atoms with Crippen molar-refractivity contribution in [1.29, 1.82) is 0 Å². The van der Waals surface area contributed by atoms with Crippen LogP contribution >= 0.6 is 15.9 Å². The second-order valence-corrected chi connectivity index (χ2v) is 5.33. The monoisotopic (exact) mass is 270 g/mol. The van der Waals surface area contributed by atoms with Gasteiger partial charge >= 0.3 is 0 Å². The van der Waals surface area contributed by atoms with E-state index in [0.29, 0.717) is 6.42 Å². The van der Waals surface area contributed by atoms with E-state index >= 15 is 0 Å². The first-order chi connectivity index (χ1) is 7.20. The molecule has 0 unspecified atom stereocenters. The minimum atomic E-state index is -0.956. The van der Waals surface area contributed by atoms with Gasteiger partial charge in [-0.05, 0) is 24.5 Å². The molecular weight excluding hydrogens is 255 g/mol. The van der Waals surface area contributed by atoms with Gasteiger partial charge in [0.15, 0.2) is 0 Å². The number of halogens is 2. The van der Waals surface area contributed by atoms with E-state index in [0.717, 1.165) is 35.7 Å². The molecule has 1 aliphatic rings. The van der Waals surface area contributed by atoms with Gasteiger partial charge in [0, 0.05) is 10.9 Å². The Balaban J connectivity index is 2.10. The molecule has 1 aromatic rings. The number of alkyl halides is 1. The fraction of sp³-hybridized carbons (Fsp3) is 0.538. The Hall–Kier alpha value is -0.370. The Morgan fingerprint density at radius 2 is 1.80 bits per heavy atom. The van der Waals surface area contributed by atoms with Crippen LogP contribution in [-0.2, 0) is 6.42 Å². The highest BCUT2D eigenvalue weighted by atomic mass is 79.9. The Kier molecular flexibility index (Phi) is 3.45. The van der Waals surface area contributed by atoms with Crippen molar-refractivity contribution in [2.24, 2.45) is 0 Å². The molecule has 0 saturated heterocycles. The Bertz CT molecular complexity index is 329. The molecule has 0 heterocycles. The maximum Gasteiger partial charge on any atom is 0.115 e. The summed E-state index contributed by atoms with van der Waals surface area (Å²) in [4.78, 5) is 0. The largest absolute Gasteiger partial charge is 0.244 e. The molecular formula is C13H16BrF. The van der Waals surface area contributed by atoms with Gasteiger partial charge in [0.1, 0.15) is 5.67 Å². The van der Waals surface area contributed by atoms with E-state index in [1.54, 1.807) is 0 Å². The van der Waals surface area contributed by atoms with Crippen molar-refractivity contribution >= 4 is 15.9 Å². The highest BCUT2D eigenvalue weighted by Crippen LogP contribution is 2.36. The number of rotatable bonds is 2. The fourth-order valence-corrected chi connectivity index (χ4v) is 2.77. The molecule has 1 aromatic carbocycles. The lowest BCUT2D eigenvalue weighted by molar-refractivity contribution is 0.107. The van der Waals surface area contributed by atoms with Gasteiger partial charge in [0.05, 0.1) is 0 Å². The van der Waals surface area contributed by atoms with Gasteiger partial charge in [-0.3, -0.25) is 0 Å². The summed E-state index contributed by atoms with van der Waals surface area (Å²) in [5.41, 5.74) is 0.143. The lowest BCUT2D eigenvalue weighted by Gasteiger charge is -2.29. The van der Waals surface area contributed by atoms with Crippen LogP contribution in [0, 0.1) is 0 Å². The molecule has 1 fully saturated rings. The van der Waals surface area contributed by atoms with Crippen LogP contribution in [0.5, 0.6) is 0 Å². The summed E-state index contributed by atoms with van der Waals surface area (Å²) < 4.78 is 15.5. The van der Waals surface area contributed by atoms with Gasteiger partial charge in [-0.2, -0.15) is 0 Å². The highest BCUT2D eigenvalue weighted by molar-refractivity contribution is 9.10. The number of benzene rings is 1. The van der Waals surface area contributed by atoms with Gasteiger partial charge in [0.2, 0.25) is 0 Å². The van der Waals surface area contributed by atoms with Crippen molar-refractivity contribution in [3.63, 3.8) is 0 Å². The van der Waals surface area contributed by atoms with E-state index in [9.17, 15) is 4.39 Å². The first kappa shape index (κ1) is 11.1. The van der Waals surface area contributed by atoms with Crippen LogP contribution in [0.3, 0.4) is 0 Å². The molecule has 0 bridgehead atoms. The van der Waals surface area contributed by atoms with E-state index in [4.69, 9.17) is 0 Å². The second-order valence-electron chi connectivity index (χ2n) is 4.48. The number of hydrogen-bond acceptors (Lipinski definition) is 0. The van der Waals surface area contributed by atoms with E-state index in [2.05, 4.69) is 15.9 Å². The standard InChI is InChI=1S/C13H16BrF/c14-12-7-3-2-6-11(12)10-13(15)8-4-1-5-9-13/h2-3,6-7H,1,4-5,8-10H2. The topological polar surface area (TPSA) is 0 Å². The van der Waals surface area contributed by atoms with Crippen molar-refractivity contribution in [3.05, 3.63) is 34.3 Å². The zero-order valence-corrected chi connectivity index (χ0v) is 10.4. The third kappa shape index (κ3) is 2.81. The summed E-state index contributed by atoms with van der Waals surface area (Å²) in [6.07, 6.45) is 5.31. The normalized spacial score (nSPS) is 20.1. The van der Waals surface area contributed by atoms with Crippen molar-refractivity contribution in [2.45, 2.75) is 44.2 Å². The molecule has 82 valence electrons. The molecule has 0 atom stereocenters. The average molecular weight is 271 g/mol. The van der Waals surface area contributed by atoms with Crippen molar-refractivity contribution in [3.8, 4) is 0 Å². The summed E-state index contributed by atoms with van der Waals surface area (Å²) in [6, 6.07) is 7.95. The van der Waals surface area contributed by atoms with Gasteiger partial charge < -0.3 is 0 Å². The first-order valence-electron chi connectivity index (χ1n) is 5.62. The summed E-state index contributed by atoms with van der Waals surface area (Å²) in [7, 11) is 0. The fourth-order valence-electron chi connectivity index (χ4n) is 2.35. The van der Waals surface area contributed by atoms with Crippen LogP contribution in [0.2, 0.25) is 0 Å². The van der Waals surface area contributed by atoms with Crippen molar-refractivity contribution < 1.29 is 4.39 Å². The van der Waals surface area contributed by atoms with Gasteiger partial charge in [-0.1, -0.05) is 53.4 Å². The van der Waals surface area contributed by atoms with Crippen LogP contribution in [0.4, 0.5) is 4.39 Å². The maximum absolute atomic E-state index is 14.4. The molecule has 0 N–H and O–H groups in total. The van der Waals surface area contributed by atoms with E-state index in [1.807, 2.05) is 24.3 Å². The minimum absolute atomic E-state index is 0.564. The highest BCUT2D eigenvalue weighted by Gasteiger charge is 2.32. The van der Waals surface area contributed by atoms with Gasteiger partial charge in [-0.15, -0.1) is 0 Å². The molecule has 0 radical (unpaired) electrons. The smallest absolute Gasteiger partial charge is 0.115 e. The van der Waals surface area contributed by atoms with E-state index in [1.165, 1.54) is 6.42 Å². The lowest BCUT2D eigenvalue weighted by atomic mass is 9.82. The lowest BCUT2D eigenvalue weighted by Crippen LogP contribution is -2.28. The maximum atomic E-state index is 14.4. The van der Waals surface area contributed by atoms with Crippen LogP contribution in [0.1, 0.15) is 37.7 Å². The predicted molar refractivity (Wildman–Crippen MR) is 64.8 cm³/mol. The van der Waals surface area contributed by atoms with Crippen LogP contribution in [0.25, 0.3) is 0 Å². The van der Waals surface area contributed by atoms with Gasteiger partial charge in [-0.25, -0.2) is 4.39 Å². The van der Waals surface area contributed by atoms with Crippen molar-refractivity contribution in [1.82, 2.24) is 0 Å². The minimum Gasteiger partial charge on any atom is -0.244 e. The summed E-state index contributed by atoms with van der Waals surface area (Å²) in [5, 5.41) is 0. The SMILES string of the molecule is FC1(Cc2ccccc2Br)CCCCC1. The summed E-state index contributed by atoms with van der Waals surface area (Å²) in [5.74, 6) is 0. The Morgan fingerprint density at radius 3 is 2.47 bits per heavy atom. The molecule has 1 saturated carbocycles. The summed E-state index contributed by atoms with van der Waals surface area (Å²) in [6.45, 7) is 0. The predicted octanol–water partition coefficient (Wildman–Crippen LogP) is 4.66. The third-order valence-corrected chi connectivity index (χ3v) is 3.99. The molecule has 2 heteroatoms. The summed E-state index contributed by atoms with van der Waals surface area (Å²) >= 11 is 3.48. The third-order valence-electron chi connectivity index (χ3n) is 3.21. The second kappa shape index (κ2) is 4.65. The van der Waals surface area contributed by atoms with Crippen LogP contribution in [-0.4, -0.2) is 5.67 Å².